The Bertz CT molecular complexity index is 440. The van der Waals surface area contributed by atoms with Crippen LogP contribution < -0.4 is 5.32 Å². The summed E-state index contributed by atoms with van der Waals surface area (Å²) in [6.07, 6.45) is 2.77. The lowest BCUT2D eigenvalue weighted by Crippen LogP contribution is -2.32. The monoisotopic (exact) mass is 292 g/mol. The minimum atomic E-state index is 0.368. The van der Waals surface area contributed by atoms with Gasteiger partial charge in [-0.3, -0.25) is 0 Å². The van der Waals surface area contributed by atoms with Gasteiger partial charge in [0, 0.05) is 28.9 Å². The van der Waals surface area contributed by atoms with Gasteiger partial charge in [0.2, 0.25) is 0 Å². The molecule has 0 aromatic carbocycles. The van der Waals surface area contributed by atoms with E-state index in [4.69, 9.17) is 0 Å². The lowest BCUT2D eigenvalue weighted by molar-refractivity contribution is 0.318. The van der Waals surface area contributed by atoms with Crippen molar-refractivity contribution >= 4 is 22.7 Å². The number of likely N-dealkylation sites (N-methyl/N-ethyl adjacent to an activating group) is 1. The number of nitrogens with zero attached hydrogens (tertiary/aromatic N) is 1. The zero-order chi connectivity index (χ0) is 13.1. The van der Waals surface area contributed by atoms with Crippen LogP contribution in [-0.4, -0.2) is 31.1 Å². The molecule has 0 unspecified atom stereocenters. The van der Waals surface area contributed by atoms with Gasteiger partial charge in [-0.05, 0) is 42.8 Å². The van der Waals surface area contributed by atoms with Crippen LogP contribution in [0.5, 0.6) is 0 Å². The van der Waals surface area contributed by atoms with Crippen LogP contribution in [0, 0.1) is 0 Å². The van der Waals surface area contributed by atoms with Crippen LogP contribution in [0.15, 0.2) is 35.0 Å². The first kappa shape index (κ1) is 13.3. The number of hydrogen-bond acceptors (Lipinski definition) is 4. The summed E-state index contributed by atoms with van der Waals surface area (Å²) in [7, 11) is 2.24. The smallest absolute Gasteiger partial charge is 0.0765 e. The first-order valence-corrected chi connectivity index (χ1v) is 8.61. The molecule has 0 saturated heterocycles. The summed E-state index contributed by atoms with van der Waals surface area (Å²) in [4.78, 5) is 5.31. The Kier molecular flexibility index (Phi) is 4.33. The molecule has 2 heterocycles. The average Bonchev–Trinajstić information content (AvgIpc) is 2.93. The van der Waals surface area contributed by atoms with E-state index >= 15 is 0 Å². The zero-order valence-corrected chi connectivity index (χ0v) is 12.8. The van der Waals surface area contributed by atoms with Crippen LogP contribution in [-0.2, 0) is 0 Å². The maximum absolute atomic E-state index is 3.72. The summed E-state index contributed by atoms with van der Waals surface area (Å²) in [5, 5.41) is 8.04. The van der Waals surface area contributed by atoms with Gasteiger partial charge >= 0.3 is 0 Å². The second kappa shape index (κ2) is 6.18. The fourth-order valence-electron chi connectivity index (χ4n) is 2.34. The molecule has 0 radical (unpaired) electrons. The van der Waals surface area contributed by atoms with Crippen LogP contribution in [0.2, 0.25) is 0 Å². The van der Waals surface area contributed by atoms with Gasteiger partial charge < -0.3 is 10.2 Å². The van der Waals surface area contributed by atoms with Gasteiger partial charge in [-0.1, -0.05) is 12.1 Å². The molecular formula is C15H20N2S2. The molecule has 1 aliphatic carbocycles. The molecule has 2 aromatic heterocycles. The second-order valence-electron chi connectivity index (χ2n) is 5.13. The molecule has 0 spiro atoms. The molecule has 1 aliphatic rings. The molecule has 0 amide bonds. The van der Waals surface area contributed by atoms with Crippen molar-refractivity contribution in [1.29, 1.82) is 0 Å². The van der Waals surface area contributed by atoms with E-state index in [1.807, 2.05) is 22.7 Å². The van der Waals surface area contributed by atoms with E-state index in [1.165, 1.54) is 22.6 Å². The highest BCUT2D eigenvalue weighted by Crippen LogP contribution is 2.29. The van der Waals surface area contributed by atoms with E-state index in [2.05, 4.69) is 52.3 Å². The van der Waals surface area contributed by atoms with Crippen molar-refractivity contribution < 1.29 is 0 Å². The van der Waals surface area contributed by atoms with E-state index in [0.717, 1.165) is 19.1 Å². The highest BCUT2D eigenvalue weighted by Gasteiger charge is 2.25. The molecule has 0 bridgehead atoms. The summed E-state index contributed by atoms with van der Waals surface area (Å²) < 4.78 is 0. The summed E-state index contributed by atoms with van der Waals surface area (Å²) >= 11 is 3.67. The standard InChI is InChI=1S/C15H20N2S2/c1-17(12-6-7-12)9-8-16-15(13-4-2-10-18-13)14-5-3-11-19-14/h2-5,10-12,15-16H,6-9H2,1H3. The summed E-state index contributed by atoms with van der Waals surface area (Å²) in [5.74, 6) is 0. The maximum atomic E-state index is 3.72. The van der Waals surface area contributed by atoms with Gasteiger partial charge in [-0.2, -0.15) is 0 Å². The van der Waals surface area contributed by atoms with E-state index in [0.29, 0.717) is 6.04 Å². The van der Waals surface area contributed by atoms with E-state index in [-0.39, 0.29) is 0 Å². The molecule has 1 saturated carbocycles. The van der Waals surface area contributed by atoms with Crippen LogP contribution in [0.1, 0.15) is 28.6 Å². The highest BCUT2D eigenvalue weighted by atomic mass is 32.1. The summed E-state index contributed by atoms with van der Waals surface area (Å²) in [6, 6.07) is 9.95. The predicted octanol–water partition coefficient (Wildman–Crippen LogP) is 3.58. The van der Waals surface area contributed by atoms with Crippen molar-refractivity contribution in [2.45, 2.75) is 24.9 Å². The normalized spacial score (nSPS) is 15.5. The Morgan fingerprint density at radius 3 is 2.32 bits per heavy atom. The lowest BCUT2D eigenvalue weighted by Gasteiger charge is -2.20. The van der Waals surface area contributed by atoms with Gasteiger partial charge in [-0.15, -0.1) is 22.7 Å². The van der Waals surface area contributed by atoms with Crippen molar-refractivity contribution in [3.05, 3.63) is 44.8 Å². The SMILES string of the molecule is CN(CCNC(c1cccs1)c1cccs1)C1CC1. The van der Waals surface area contributed by atoms with Crippen molar-refractivity contribution in [1.82, 2.24) is 10.2 Å². The van der Waals surface area contributed by atoms with Crippen molar-refractivity contribution in [3.8, 4) is 0 Å². The van der Waals surface area contributed by atoms with Gasteiger partial charge in [0.05, 0.1) is 6.04 Å². The van der Waals surface area contributed by atoms with Gasteiger partial charge in [0.15, 0.2) is 0 Å². The molecule has 1 N–H and O–H groups in total. The van der Waals surface area contributed by atoms with Crippen molar-refractivity contribution in [3.63, 3.8) is 0 Å². The average molecular weight is 292 g/mol. The van der Waals surface area contributed by atoms with Crippen molar-refractivity contribution in [2.24, 2.45) is 0 Å². The van der Waals surface area contributed by atoms with Gasteiger partial charge in [0.25, 0.3) is 0 Å². The largest absolute Gasteiger partial charge is 0.304 e. The highest BCUT2D eigenvalue weighted by molar-refractivity contribution is 7.11. The molecule has 4 heteroatoms. The first-order valence-electron chi connectivity index (χ1n) is 6.85. The number of thiophene rings is 2. The molecule has 3 rings (SSSR count). The number of rotatable bonds is 7. The minimum absolute atomic E-state index is 0.368. The molecule has 1 fully saturated rings. The number of hydrogen-bond donors (Lipinski definition) is 1. The summed E-state index contributed by atoms with van der Waals surface area (Å²) in [6.45, 7) is 2.19. The van der Waals surface area contributed by atoms with Crippen LogP contribution >= 0.6 is 22.7 Å². The topological polar surface area (TPSA) is 15.3 Å². The molecular weight excluding hydrogens is 272 g/mol. The minimum Gasteiger partial charge on any atom is -0.304 e. The van der Waals surface area contributed by atoms with Crippen molar-refractivity contribution in [2.75, 3.05) is 20.1 Å². The fourth-order valence-corrected chi connectivity index (χ4v) is 4.05. The van der Waals surface area contributed by atoms with E-state index in [9.17, 15) is 0 Å². The Balaban J connectivity index is 1.60. The first-order chi connectivity index (χ1) is 9.34. The molecule has 0 aliphatic heterocycles. The van der Waals surface area contributed by atoms with E-state index < -0.39 is 0 Å². The molecule has 19 heavy (non-hydrogen) atoms. The van der Waals surface area contributed by atoms with Gasteiger partial charge in [-0.25, -0.2) is 0 Å². The van der Waals surface area contributed by atoms with Crippen LogP contribution in [0.3, 0.4) is 0 Å². The molecule has 2 nitrogen and oxygen atoms in total. The molecule has 102 valence electrons. The Hall–Kier alpha value is -0.680. The third-order valence-electron chi connectivity index (χ3n) is 3.64. The summed E-state index contributed by atoms with van der Waals surface area (Å²) in [5.41, 5.74) is 0. The Morgan fingerprint density at radius 1 is 1.21 bits per heavy atom. The second-order valence-corrected chi connectivity index (χ2v) is 7.09. The predicted molar refractivity (Wildman–Crippen MR) is 84.1 cm³/mol. The van der Waals surface area contributed by atoms with Crippen LogP contribution in [0.4, 0.5) is 0 Å². The lowest BCUT2D eigenvalue weighted by atomic mass is 10.2. The van der Waals surface area contributed by atoms with Crippen LogP contribution in [0.25, 0.3) is 0 Å². The van der Waals surface area contributed by atoms with Gasteiger partial charge in [0.1, 0.15) is 0 Å². The quantitative estimate of drug-likeness (QED) is 0.839. The fraction of sp³-hybridized carbons (Fsp3) is 0.467. The maximum Gasteiger partial charge on any atom is 0.0765 e. The molecule has 0 atom stereocenters. The zero-order valence-electron chi connectivity index (χ0n) is 11.2. The van der Waals surface area contributed by atoms with E-state index in [1.54, 1.807) is 0 Å². The Morgan fingerprint density at radius 2 is 1.84 bits per heavy atom. The molecule has 2 aromatic rings. The third kappa shape index (κ3) is 3.45. The third-order valence-corrected chi connectivity index (χ3v) is 5.51. The number of nitrogens with one attached hydrogen (secondary N) is 1. The Labute approximate surface area is 123 Å².